The Kier molecular flexibility index (Phi) is 3.71. The van der Waals surface area contributed by atoms with Gasteiger partial charge in [0.25, 0.3) is 5.91 Å². The molecular formula is C18H18N2OS. The highest BCUT2D eigenvalue weighted by atomic mass is 32.1. The van der Waals surface area contributed by atoms with Crippen molar-refractivity contribution in [3.05, 3.63) is 59.1 Å². The number of nitrogens with one attached hydrogen (secondary N) is 1. The van der Waals surface area contributed by atoms with Gasteiger partial charge in [-0.15, -0.1) is 11.3 Å². The Morgan fingerprint density at radius 2 is 1.82 bits per heavy atom. The minimum atomic E-state index is -0.0983. The van der Waals surface area contributed by atoms with E-state index >= 15 is 0 Å². The van der Waals surface area contributed by atoms with Gasteiger partial charge in [-0.2, -0.15) is 0 Å². The maximum Gasteiger partial charge on any atom is 0.255 e. The fraction of sp³-hybridized carbons (Fsp3) is 0.222. The number of benzene rings is 2. The number of thiazole rings is 1. The van der Waals surface area contributed by atoms with Gasteiger partial charge in [0.05, 0.1) is 15.7 Å². The average molecular weight is 310 g/mol. The normalized spacial score (nSPS) is 11.6. The Balaban J connectivity index is 1.78. The molecule has 0 radical (unpaired) electrons. The van der Waals surface area contributed by atoms with Crippen LogP contribution in [0.4, 0.5) is 5.69 Å². The van der Waals surface area contributed by atoms with Crippen molar-refractivity contribution in [3.63, 3.8) is 0 Å². The van der Waals surface area contributed by atoms with Gasteiger partial charge in [0.15, 0.2) is 0 Å². The zero-order valence-electron chi connectivity index (χ0n) is 12.9. The van der Waals surface area contributed by atoms with E-state index in [1.165, 1.54) is 16.9 Å². The van der Waals surface area contributed by atoms with Crippen molar-refractivity contribution in [1.29, 1.82) is 0 Å². The first kappa shape index (κ1) is 14.7. The summed E-state index contributed by atoms with van der Waals surface area (Å²) in [5.41, 5.74) is 5.53. The van der Waals surface area contributed by atoms with Gasteiger partial charge in [-0.3, -0.25) is 4.79 Å². The zero-order chi connectivity index (χ0) is 15.7. The molecule has 0 bridgehead atoms. The summed E-state index contributed by atoms with van der Waals surface area (Å²) in [6.07, 6.45) is 0. The Labute approximate surface area is 134 Å². The van der Waals surface area contributed by atoms with Gasteiger partial charge in [0.1, 0.15) is 0 Å². The Bertz CT molecular complexity index is 813. The van der Waals surface area contributed by atoms with Crippen molar-refractivity contribution >= 4 is 33.1 Å². The number of carbonyl (C=O) groups is 1. The molecule has 3 nitrogen and oxygen atoms in total. The van der Waals surface area contributed by atoms with Gasteiger partial charge in [0, 0.05) is 11.3 Å². The summed E-state index contributed by atoms with van der Waals surface area (Å²) in [5.74, 6) is -0.0983. The lowest BCUT2D eigenvalue weighted by molar-refractivity contribution is 0.102. The van der Waals surface area contributed by atoms with E-state index in [0.29, 0.717) is 5.56 Å². The van der Waals surface area contributed by atoms with E-state index in [9.17, 15) is 4.79 Å². The zero-order valence-corrected chi connectivity index (χ0v) is 13.7. The number of fused-ring (bicyclic) bond motifs is 1. The largest absolute Gasteiger partial charge is 0.322 e. The van der Waals surface area contributed by atoms with E-state index in [0.717, 1.165) is 15.9 Å². The van der Waals surface area contributed by atoms with E-state index in [2.05, 4.69) is 43.2 Å². The molecule has 4 heteroatoms. The van der Waals surface area contributed by atoms with Crippen molar-refractivity contribution in [3.8, 4) is 0 Å². The van der Waals surface area contributed by atoms with Gasteiger partial charge in [0.2, 0.25) is 0 Å². The molecule has 0 aliphatic carbocycles. The lowest BCUT2D eigenvalue weighted by atomic mass is 9.87. The van der Waals surface area contributed by atoms with Crippen molar-refractivity contribution in [1.82, 2.24) is 4.98 Å². The van der Waals surface area contributed by atoms with Crippen LogP contribution in [0.5, 0.6) is 0 Å². The van der Waals surface area contributed by atoms with E-state index < -0.39 is 0 Å². The standard InChI is InChI=1S/C18H18N2OS/c1-18(2,3)13-5-7-14(8-6-13)20-17(21)12-4-9-15-16(10-12)22-11-19-15/h4-11H,1-3H3,(H,20,21). The topological polar surface area (TPSA) is 42.0 Å². The van der Waals surface area contributed by atoms with Gasteiger partial charge < -0.3 is 5.32 Å². The Hall–Kier alpha value is -2.20. The summed E-state index contributed by atoms with van der Waals surface area (Å²) in [5, 5.41) is 2.94. The van der Waals surface area contributed by atoms with Gasteiger partial charge in [-0.1, -0.05) is 32.9 Å². The molecular weight excluding hydrogens is 292 g/mol. The first-order valence-corrected chi connectivity index (χ1v) is 8.06. The van der Waals surface area contributed by atoms with Crippen LogP contribution >= 0.6 is 11.3 Å². The molecule has 3 aromatic rings. The molecule has 0 aliphatic heterocycles. The van der Waals surface area contributed by atoms with Crippen LogP contribution in [0.2, 0.25) is 0 Å². The minimum Gasteiger partial charge on any atom is -0.322 e. The highest BCUT2D eigenvalue weighted by Crippen LogP contribution is 2.24. The SMILES string of the molecule is CC(C)(C)c1ccc(NC(=O)c2ccc3ncsc3c2)cc1. The van der Waals surface area contributed by atoms with Crippen LogP contribution in [0.25, 0.3) is 10.2 Å². The third-order valence-corrected chi connectivity index (χ3v) is 4.39. The molecule has 3 rings (SSSR count). The van der Waals surface area contributed by atoms with Gasteiger partial charge in [-0.25, -0.2) is 4.98 Å². The maximum absolute atomic E-state index is 12.3. The lowest BCUT2D eigenvalue weighted by Gasteiger charge is -2.19. The second kappa shape index (κ2) is 5.54. The van der Waals surface area contributed by atoms with Crippen molar-refractivity contribution in [2.45, 2.75) is 26.2 Å². The lowest BCUT2D eigenvalue weighted by Crippen LogP contribution is -2.13. The smallest absolute Gasteiger partial charge is 0.255 e. The van der Waals surface area contributed by atoms with Crippen LogP contribution in [-0.2, 0) is 5.41 Å². The first-order chi connectivity index (χ1) is 10.4. The van der Waals surface area contributed by atoms with Crippen LogP contribution < -0.4 is 5.32 Å². The van der Waals surface area contributed by atoms with Crippen LogP contribution in [0.3, 0.4) is 0 Å². The summed E-state index contributed by atoms with van der Waals surface area (Å²) in [6, 6.07) is 13.6. The first-order valence-electron chi connectivity index (χ1n) is 7.19. The number of anilines is 1. The van der Waals surface area contributed by atoms with Crippen molar-refractivity contribution in [2.75, 3.05) is 5.32 Å². The summed E-state index contributed by atoms with van der Waals surface area (Å²) in [7, 11) is 0. The number of aromatic nitrogens is 1. The third kappa shape index (κ3) is 3.02. The highest BCUT2D eigenvalue weighted by Gasteiger charge is 2.13. The summed E-state index contributed by atoms with van der Waals surface area (Å²) in [4.78, 5) is 16.6. The number of rotatable bonds is 2. The van der Waals surface area contributed by atoms with Crippen molar-refractivity contribution < 1.29 is 4.79 Å². The molecule has 1 aromatic heterocycles. The number of nitrogens with zero attached hydrogens (tertiary/aromatic N) is 1. The summed E-state index contributed by atoms with van der Waals surface area (Å²) < 4.78 is 1.02. The molecule has 0 spiro atoms. The van der Waals surface area contributed by atoms with Crippen molar-refractivity contribution in [2.24, 2.45) is 0 Å². The third-order valence-electron chi connectivity index (χ3n) is 3.60. The van der Waals surface area contributed by atoms with Crippen LogP contribution in [0.1, 0.15) is 36.7 Å². The second-order valence-electron chi connectivity index (χ2n) is 6.32. The molecule has 0 aliphatic rings. The molecule has 112 valence electrons. The van der Waals surface area contributed by atoms with Crippen LogP contribution in [0, 0.1) is 0 Å². The molecule has 0 saturated heterocycles. The Morgan fingerprint density at radius 3 is 2.50 bits per heavy atom. The molecule has 2 aromatic carbocycles. The molecule has 1 amide bonds. The molecule has 1 heterocycles. The Morgan fingerprint density at radius 1 is 1.09 bits per heavy atom. The number of carbonyl (C=O) groups excluding carboxylic acids is 1. The monoisotopic (exact) mass is 310 g/mol. The second-order valence-corrected chi connectivity index (χ2v) is 7.20. The van der Waals surface area contributed by atoms with E-state index in [1.54, 1.807) is 11.6 Å². The fourth-order valence-electron chi connectivity index (χ4n) is 2.25. The van der Waals surface area contributed by atoms with E-state index in [-0.39, 0.29) is 11.3 Å². The predicted molar refractivity (Wildman–Crippen MR) is 92.7 cm³/mol. The van der Waals surface area contributed by atoms with Gasteiger partial charge >= 0.3 is 0 Å². The van der Waals surface area contributed by atoms with Gasteiger partial charge in [-0.05, 0) is 41.3 Å². The van der Waals surface area contributed by atoms with Crippen LogP contribution in [-0.4, -0.2) is 10.9 Å². The molecule has 22 heavy (non-hydrogen) atoms. The van der Waals surface area contributed by atoms with E-state index in [4.69, 9.17) is 0 Å². The number of hydrogen-bond acceptors (Lipinski definition) is 3. The quantitative estimate of drug-likeness (QED) is 0.735. The molecule has 0 saturated carbocycles. The maximum atomic E-state index is 12.3. The number of hydrogen-bond donors (Lipinski definition) is 1. The van der Waals surface area contributed by atoms with E-state index in [1.807, 2.05) is 24.3 Å². The average Bonchev–Trinajstić information content (AvgIpc) is 2.94. The summed E-state index contributed by atoms with van der Waals surface area (Å²) >= 11 is 1.54. The number of amides is 1. The minimum absolute atomic E-state index is 0.0983. The highest BCUT2D eigenvalue weighted by molar-refractivity contribution is 7.16. The fourth-order valence-corrected chi connectivity index (χ4v) is 2.97. The van der Waals surface area contributed by atoms with Crippen LogP contribution in [0.15, 0.2) is 48.0 Å². The molecule has 0 unspecified atom stereocenters. The summed E-state index contributed by atoms with van der Waals surface area (Å²) in [6.45, 7) is 6.51. The molecule has 0 atom stereocenters. The molecule has 0 fully saturated rings. The predicted octanol–water partition coefficient (Wildman–Crippen LogP) is 4.85. The molecule has 1 N–H and O–H groups in total.